The molecular formula is C19H17ClN2O4S. The van der Waals surface area contributed by atoms with Crippen LogP contribution in [0.15, 0.2) is 45.7 Å². The molecular weight excluding hydrogens is 388 g/mol. The summed E-state index contributed by atoms with van der Waals surface area (Å²) in [7, 11) is 0. The summed E-state index contributed by atoms with van der Waals surface area (Å²) in [5, 5.41) is 0.319. The predicted octanol–water partition coefficient (Wildman–Crippen LogP) is 3.93. The number of morpholine rings is 1. The van der Waals surface area contributed by atoms with Crippen LogP contribution < -0.4 is 0 Å². The molecule has 2 aliphatic heterocycles. The number of nitrogens with zero attached hydrogens (tertiary/aromatic N) is 2. The summed E-state index contributed by atoms with van der Waals surface area (Å²) < 4.78 is 11.1. The molecule has 2 aliphatic rings. The summed E-state index contributed by atoms with van der Waals surface area (Å²) in [5.41, 5.74) is 0.777. The molecule has 0 radical (unpaired) electrons. The van der Waals surface area contributed by atoms with Gasteiger partial charge in [-0.2, -0.15) is 0 Å². The van der Waals surface area contributed by atoms with E-state index in [1.54, 1.807) is 24.3 Å². The Kier molecular flexibility index (Phi) is 5.36. The highest BCUT2D eigenvalue weighted by molar-refractivity contribution is 8.18. The van der Waals surface area contributed by atoms with Gasteiger partial charge in [0.2, 0.25) is 0 Å². The second-order valence-corrected chi connectivity index (χ2v) is 7.56. The van der Waals surface area contributed by atoms with Crippen LogP contribution in [0.2, 0.25) is 5.02 Å². The van der Waals surface area contributed by atoms with Gasteiger partial charge in [-0.3, -0.25) is 19.4 Å². The summed E-state index contributed by atoms with van der Waals surface area (Å²) in [6, 6.07) is 10.9. The minimum absolute atomic E-state index is 0.268. The van der Waals surface area contributed by atoms with Gasteiger partial charge in [0, 0.05) is 24.7 Å². The molecule has 140 valence electrons. The predicted molar refractivity (Wildman–Crippen MR) is 104 cm³/mol. The smallest absolute Gasteiger partial charge is 0.294 e. The van der Waals surface area contributed by atoms with E-state index >= 15 is 0 Å². The largest absolute Gasteiger partial charge is 0.457 e. The Bertz CT molecular complexity index is 905. The van der Waals surface area contributed by atoms with Crippen molar-refractivity contribution in [3.8, 4) is 11.3 Å². The van der Waals surface area contributed by atoms with Gasteiger partial charge in [-0.15, -0.1) is 0 Å². The third-order valence-corrected chi connectivity index (χ3v) is 5.60. The number of ether oxygens (including phenoxy) is 1. The first-order chi connectivity index (χ1) is 13.1. The van der Waals surface area contributed by atoms with Crippen LogP contribution in [-0.2, 0) is 9.53 Å². The molecule has 2 aromatic rings. The van der Waals surface area contributed by atoms with Crippen LogP contribution >= 0.6 is 23.4 Å². The Morgan fingerprint density at radius 2 is 1.89 bits per heavy atom. The molecule has 3 heterocycles. The molecule has 2 amide bonds. The third-order valence-electron chi connectivity index (χ3n) is 4.36. The average molecular weight is 405 g/mol. The van der Waals surface area contributed by atoms with Gasteiger partial charge in [0.15, 0.2) is 0 Å². The van der Waals surface area contributed by atoms with Gasteiger partial charge in [-0.25, -0.2) is 0 Å². The van der Waals surface area contributed by atoms with Gasteiger partial charge in [0.05, 0.1) is 29.8 Å². The molecule has 1 aromatic heterocycles. The molecule has 8 heteroatoms. The van der Waals surface area contributed by atoms with E-state index in [1.165, 1.54) is 4.90 Å². The number of hydrogen-bond acceptors (Lipinski definition) is 6. The first kappa shape index (κ1) is 18.3. The summed E-state index contributed by atoms with van der Waals surface area (Å²) in [6.45, 7) is 2.93. The minimum atomic E-state index is -0.299. The molecule has 0 aliphatic carbocycles. The van der Waals surface area contributed by atoms with Gasteiger partial charge in [0.1, 0.15) is 11.5 Å². The number of benzene rings is 1. The number of halogens is 1. The standard InChI is InChI=1S/C19H17ClN2O4S/c20-15-4-2-1-3-14(15)16-6-5-13(26-16)11-17-18(23)22(19(24)27-17)12-21-7-9-25-10-8-21/h1-6,11H,7-10,12H2. The summed E-state index contributed by atoms with van der Waals surface area (Å²) >= 11 is 7.12. The lowest BCUT2D eigenvalue weighted by Crippen LogP contribution is -2.45. The van der Waals surface area contributed by atoms with E-state index in [1.807, 2.05) is 23.1 Å². The van der Waals surface area contributed by atoms with Gasteiger partial charge in [0.25, 0.3) is 11.1 Å². The zero-order valence-electron chi connectivity index (χ0n) is 14.4. The summed E-state index contributed by atoms with van der Waals surface area (Å²) in [6.07, 6.45) is 1.60. The lowest BCUT2D eigenvalue weighted by atomic mass is 10.2. The van der Waals surface area contributed by atoms with Crippen LogP contribution in [-0.4, -0.2) is 53.9 Å². The van der Waals surface area contributed by atoms with E-state index in [0.717, 1.165) is 17.3 Å². The monoisotopic (exact) mass is 404 g/mol. The summed E-state index contributed by atoms with van der Waals surface area (Å²) in [4.78, 5) is 28.5. The normalized spacial score (nSPS) is 20.0. The fourth-order valence-electron chi connectivity index (χ4n) is 2.93. The van der Waals surface area contributed by atoms with E-state index in [4.69, 9.17) is 20.8 Å². The van der Waals surface area contributed by atoms with Crippen LogP contribution in [0.1, 0.15) is 5.76 Å². The lowest BCUT2D eigenvalue weighted by Gasteiger charge is -2.29. The highest BCUT2D eigenvalue weighted by Crippen LogP contribution is 2.34. The highest BCUT2D eigenvalue weighted by atomic mass is 35.5. The molecule has 0 N–H and O–H groups in total. The number of hydrogen-bond donors (Lipinski definition) is 0. The Balaban J connectivity index is 1.50. The molecule has 2 saturated heterocycles. The molecule has 27 heavy (non-hydrogen) atoms. The fourth-order valence-corrected chi connectivity index (χ4v) is 3.97. The van der Waals surface area contributed by atoms with Crippen LogP contribution in [0.3, 0.4) is 0 Å². The van der Waals surface area contributed by atoms with Gasteiger partial charge in [-0.1, -0.05) is 23.7 Å². The van der Waals surface area contributed by atoms with Crippen LogP contribution in [0, 0.1) is 0 Å². The van der Waals surface area contributed by atoms with Crippen molar-refractivity contribution in [3.63, 3.8) is 0 Å². The number of thioether (sulfide) groups is 1. The minimum Gasteiger partial charge on any atom is -0.457 e. The molecule has 0 saturated carbocycles. The molecule has 0 spiro atoms. The molecule has 2 fully saturated rings. The van der Waals surface area contributed by atoms with Crippen molar-refractivity contribution < 1.29 is 18.7 Å². The number of furan rings is 1. The van der Waals surface area contributed by atoms with Crippen molar-refractivity contribution in [1.29, 1.82) is 0 Å². The average Bonchev–Trinajstić information content (AvgIpc) is 3.23. The Morgan fingerprint density at radius 1 is 1.11 bits per heavy atom. The molecule has 0 atom stereocenters. The Labute approximate surface area is 165 Å². The van der Waals surface area contributed by atoms with Crippen molar-refractivity contribution >= 4 is 40.6 Å². The maximum absolute atomic E-state index is 12.6. The topological polar surface area (TPSA) is 63.0 Å². The van der Waals surface area contributed by atoms with Crippen molar-refractivity contribution in [1.82, 2.24) is 9.80 Å². The lowest BCUT2D eigenvalue weighted by molar-refractivity contribution is -0.125. The number of amides is 2. The second kappa shape index (κ2) is 7.90. The van der Waals surface area contributed by atoms with Crippen molar-refractivity contribution in [2.24, 2.45) is 0 Å². The second-order valence-electron chi connectivity index (χ2n) is 6.16. The van der Waals surface area contributed by atoms with E-state index in [9.17, 15) is 9.59 Å². The first-order valence-corrected chi connectivity index (χ1v) is 9.71. The SMILES string of the molecule is O=C1SC(=Cc2ccc(-c3ccccc3Cl)o2)C(=O)N1CN1CCOCC1. The van der Waals surface area contributed by atoms with E-state index in [-0.39, 0.29) is 17.8 Å². The van der Waals surface area contributed by atoms with Gasteiger partial charge >= 0.3 is 0 Å². The van der Waals surface area contributed by atoms with Crippen LogP contribution in [0.5, 0.6) is 0 Å². The molecule has 0 unspecified atom stereocenters. The maximum Gasteiger partial charge on any atom is 0.294 e. The van der Waals surface area contributed by atoms with Crippen molar-refractivity contribution in [2.75, 3.05) is 33.0 Å². The number of carbonyl (C=O) groups is 2. The number of rotatable bonds is 4. The Hall–Kier alpha value is -2.06. The summed E-state index contributed by atoms with van der Waals surface area (Å²) in [5.74, 6) is 0.813. The molecule has 6 nitrogen and oxygen atoms in total. The number of carbonyl (C=O) groups excluding carboxylic acids is 2. The van der Waals surface area contributed by atoms with Crippen LogP contribution in [0.25, 0.3) is 17.4 Å². The third kappa shape index (κ3) is 3.96. The quantitative estimate of drug-likeness (QED) is 0.719. The van der Waals surface area contributed by atoms with Gasteiger partial charge in [-0.05, 0) is 36.0 Å². The zero-order chi connectivity index (χ0) is 18.8. The maximum atomic E-state index is 12.6. The zero-order valence-corrected chi connectivity index (χ0v) is 16.0. The highest BCUT2D eigenvalue weighted by Gasteiger charge is 2.36. The van der Waals surface area contributed by atoms with E-state index in [0.29, 0.717) is 47.8 Å². The first-order valence-electron chi connectivity index (χ1n) is 8.52. The van der Waals surface area contributed by atoms with E-state index in [2.05, 4.69) is 0 Å². The van der Waals surface area contributed by atoms with Gasteiger partial charge < -0.3 is 9.15 Å². The number of imide groups is 1. The van der Waals surface area contributed by atoms with Crippen molar-refractivity contribution in [2.45, 2.75) is 0 Å². The molecule has 4 rings (SSSR count). The van der Waals surface area contributed by atoms with Crippen LogP contribution in [0.4, 0.5) is 4.79 Å². The molecule has 1 aromatic carbocycles. The Morgan fingerprint density at radius 3 is 2.67 bits per heavy atom. The fraction of sp³-hybridized carbons (Fsp3) is 0.263. The molecule has 0 bridgehead atoms. The van der Waals surface area contributed by atoms with E-state index < -0.39 is 0 Å². The van der Waals surface area contributed by atoms with Crippen molar-refractivity contribution in [3.05, 3.63) is 52.1 Å².